The van der Waals surface area contributed by atoms with E-state index in [1.807, 2.05) is 30.3 Å². The Morgan fingerprint density at radius 2 is 1.91 bits per heavy atom. The summed E-state index contributed by atoms with van der Waals surface area (Å²) >= 11 is 11.2. The van der Waals surface area contributed by atoms with E-state index in [0.29, 0.717) is 10.6 Å². The molecule has 0 aliphatic rings. The summed E-state index contributed by atoms with van der Waals surface area (Å²) in [6.45, 7) is 2.10. The summed E-state index contributed by atoms with van der Waals surface area (Å²) in [6, 6.07) is 14.5. The number of hydrogen-bond donors (Lipinski definition) is 2. The molecule has 0 aromatic heterocycles. The lowest BCUT2D eigenvalue weighted by Crippen LogP contribution is -2.34. The average molecular weight is 333 g/mol. The van der Waals surface area contributed by atoms with E-state index < -0.39 is 0 Å². The van der Waals surface area contributed by atoms with Crippen molar-refractivity contribution in [2.75, 3.05) is 5.32 Å². The number of amides is 1. The maximum atomic E-state index is 12.1. The molecular formula is C17H17ClN2OS. The van der Waals surface area contributed by atoms with Gasteiger partial charge in [0.2, 0.25) is 0 Å². The minimum atomic E-state index is -0.232. The zero-order valence-corrected chi connectivity index (χ0v) is 13.8. The number of hydrogen-bond acceptors (Lipinski definition) is 2. The van der Waals surface area contributed by atoms with Gasteiger partial charge in [0.25, 0.3) is 5.91 Å². The van der Waals surface area contributed by atoms with E-state index >= 15 is 0 Å². The van der Waals surface area contributed by atoms with Gasteiger partial charge in [0.1, 0.15) is 0 Å². The van der Waals surface area contributed by atoms with Crippen LogP contribution in [0.1, 0.15) is 29.3 Å². The minimum Gasteiger partial charge on any atom is -0.332 e. The molecule has 5 heteroatoms. The Morgan fingerprint density at radius 3 is 2.59 bits per heavy atom. The third-order valence-corrected chi connectivity index (χ3v) is 3.54. The van der Waals surface area contributed by atoms with Crippen molar-refractivity contribution >= 4 is 40.5 Å². The first-order valence-corrected chi connectivity index (χ1v) is 7.84. The first kappa shape index (κ1) is 16.5. The second kappa shape index (κ2) is 7.92. The van der Waals surface area contributed by atoms with Crippen LogP contribution in [-0.4, -0.2) is 11.0 Å². The molecule has 2 rings (SSSR count). The van der Waals surface area contributed by atoms with Crippen LogP contribution >= 0.6 is 23.8 Å². The highest BCUT2D eigenvalue weighted by molar-refractivity contribution is 7.80. The lowest BCUT2D eigenvalue weighted by atomic mass is 10.1. The first-order valence-electron chi connectivity index (χ1n) is 7.06. The molecule has 0 spiro atoms. The van der Waals surface area contributed by atoms with Gasteiger partial charge in [-0.25, -0.2) is 0 Å². The Kier molecular flexibility index (Phi) is 5.92. The maximum Gasteiger partial charge on any atom is 0.257 e. The van der Waals surface area contributed by atoms with Gasteiger partial charge in [-0.05, 0) is 54.5 Å². The molecule has 3 nitrogen and oxygen atoms in total. The highest BCUT2D eigenvalue weighted by Gasteiger charge is 2.09. The summed E-state index contributed by atoms with van der Waals surface area (Å²) < 4.78 is 0. The van der Waals surface area contributed by atoms with Crippen LogP contribution in [0.3, 0.4) is 0 Å². The number of rotatable bonds is 4. The Hall–Kier alpha value is -1.91. The van der Waals surface area contributed by atoms with Crippen LogP contribution in [0.25, 0.3) is 0 Å². The number of benzene rings is 2. The zero-order valence-electron chi connectivity index (χ0n) is 12.2. The molecule has 0 saturated carbocycles. The average Bonchev–Trinajstić information content (AvgIpc) is 2.51. The molecule has 1 amide bonds. The number of aryl methyl sites for hydroxylation is 1. The summed E-state index contributed by atoms with van der Waals surface area (Å²) in [6.07, 6.45) is 1.89. The molecule has 0 heterocycles. The monoisotopic (exact) mass is 332 g/mol. The van der Waals surface area contributed by atoms with E-state index in [1.165, 1.54) is 0 Å². The molecule has 114 valence electrons. The Labute approximate surface area is 140 Å². The van der Waals surface area contributed by atoms with Gasteiger partial charge in [0.05, 0.1) is 0 Å². The zero-order chi connectivity index (χ0) is 15.9. The third kappa shape index (κ3) is 4.55. The first-order chi connectivity index (χ1) is 10.6. The maximum absolute atomic E-state index is 12.1. The molecule has 0 aliphatic heterocycles. The molecule has 0 unspecified atom stereocenters. The van der Waals surface area contributed by atoms with Crippen LogP contribution in [0, 0.1) is 0 Å². The largest absolute Gasteiger partial charge is 0.332 e. The Bertz CT molecular complexity index is 674. The van der Waals surface area contributed by atoms with Gasteiger partial charge >= 0.3 is 0 Å². The fraction of sp³-hybridized carbons (Fsp3) is 0.176. The summed E-state index contributed by atoms with van der Waals surface area (Å²) in [5.41, 5.74) is 2.51. The second-order valence-electron chi connectivity index (χ2n) is 4.83. The smallest absolute Gasteiger partial charge is 0.257 e. The van der Waals surface area contributed by atoms with Gasteiger partial charge in [-0.2, -0.15) is 0 Å². The standard InChI is InChI=1S/C17H17ClN2OS/c1-2-6-13-11-14(18)9-10-15(13)19-17(22)20-16(21)12-7-4-3-5-8-12/h3-5,7-11H,2,6H2,1H3,(H2,19,20,21,22). The number of thiocarbonyl (C=S) groups is 1. The molecule has 0 aliphatic carbocycles. The van der Waals surface area contributed by atoms with Gasteiger partial charge in [0.15, 0.2) is 5.11 Å². The quantitative estimate of drug-likeness (QED) is 0.814. The van der Waals surface area contributed by atoms with Crippen molar-refractivity contribution in [1.29, 1.82) is 0 Å². The Balaban J connectivity index is 2.05. The van der Waals surface area contributed by atoms with Crippen LogP contribution in [0.15, 0.2) is 48.5 Å². The summed E-state index contributed by atoms with van der Waals surface area (Å²) in [5.74, 6) is -0.232. The molecule has 0 saturated heterocycles. The molecule has 0 atom stereocenters. The molecule has 2 aromatic carbocycles. The molecule has 0 bridgehead atoms. The van der Waals surface area contributed by atoms with Crippen molar-refractivity contribution in [2.24, 2.45) is 0 Å². The van der Waals surface area contributed by atoms with E-state index in [9.17, 15) is 4.79 Å². The van der Waals surface area contributed by atoms with Crippen molar-refractivity contribution in [2.45, 2.75) is 19.8 Å². The fourth-order valence-corrected chi connectivity index (χ4v) is 2.48. The SMILES string of the molecule is CCCc1cc(Cl)ccc1NC(=S)NC(=O)c1ccccc1. The Morgan fingerprint density at radius 1 is 1.18 bits per heavy atom. The second-order valence-corrected chi connectivity index (χ2v) is 5.67. The summed E-state index contributed by atoms with van der Waals surface area (Å²) in [7, 11) is 0. The third-order valence-electron chi connectivity index (χ3n) is 3.10. The van der Waals surface area contributed by atoms with E-state index in [1.54, 1.807) is 18.2 Å². The molecule has 2 aromatic rings. The number of halogens is 1. The summed E-state index contributed by atoms with van der Waals surface area (Å²) in [5, 5.41) is 6.70. The van der Waals surface area contributed by atoms with Crippen molar-refractivity contribution in [3.8, 4) is 0 Å². The van der Waals surface area contributed by atoms with Crippen LogP contribution in [0.5, 0.6) is 0 Å². The molecule has 0 fully saturated rings. The highest BCUT2D eigenvalue weighted by Crippen LogP contribution is 2.22. The number of carbonyl (C=O) groups is 1. The lowest BCUT2D eigenvalue weighted by Gasteiger charge is -2.13. The highest BCUT2D eigenvalue weighted by atomic mass is 35.5. The molecule has 2 N–H and O–H groups in total. The predicted octanol–water partition coefficient (Wildman–Crippen LogP) is 4.42. The van der Waals surface area contributed by atoms with Crippen LogP contribution < -0.4 is 10.6 Å². The van der Waals surface area contributed by atoms with Crippen LogP contribution in [-0.2, 0) is 6.42 Å². The van der Waals surface area contributed by atoms with Gasteiger partial charge in [0, 0.05) is 16.3 Å². The van der Waals surface area contributed by atoms with Crippen LogP contribution in [0.2, 0.25) is 5.02 Å². The van der Waals surface area contributed by atoms with E-state index in [2.05, 4.69) is 17.6 Å². The van der Waals surface area contributed by atoms with Gasteiger partial charge in [-0.1, -0.05) is 43.1 Å². The van der Waals surface area contributed by atoms with E-state index in [-0.39, 0.29) is 11.0 Å². The lowest BCUT2D eigenvalue weighted by molar-refractivity contribution is 0.0977. The van der Waals surface area contributed by atoms with Crippen molar-refractivity contribution in [3.05, 3.63) is 64.7 Å². The minimum absolute atomic E-state index is 0.232. The van der Waals surface area contributed by atoms with Gasteiger partial charge in [-0.15, -0.1) is 0 Å². The number of anilines is 1. The normalized spacial score (nSPS) is 10.1. The molecule has 22 heavy (non-hydrogen) atoms. The summed E-state index contributed by atoms with van der Waals surface area (Å²) in [4.78, 5) is 12.1. The van der Waals surface area contributed by atoms with E-state index in [0.717, 1.165) is 24.1 Å². The van der Waals surface area contributed by atoms with Crippen LogP contribution in [0.4, 0.5) is 5.69 Å². The molecule has 0 radical (unpaired) electrons. The van der Waals surface area contributed by atoms with Gasteiger partial charge < -0.3 is 5.32 Å². The van der Waals surface area contributed by atoms with Crippen molar-refractivity contribution in [3.63, 3.8) is 0 Å². The number of nitrogens with one attached hydrogen (secondary N) is 2. The van der Waals surface area contributed by atoms with Crippen molar-refractivity contribution < 1.29 is 4.79 Å². The van der Waals surface area contributed by atoms with Crippen molar-refractivity contribution in [1.82, 2.24) is 5.32 Å². The molecular weight excluding hydrogens is 316 g/mol. The predicted molar refractivity (Wildman–Crippen MR) is 95.6 cm³/mol. The fourth-order valence-electron chi connectivity index (χ4n) is 2.08. The topological polar surface area (TPSA) is 41.1 Å². The number of carbonyl (C=O) groups excluding carboxylic acids is 1. The van der Waals surface area contributed by atoms with Gasteiger partial charge in [-0.3, -0.25) is 10.1 Å². The van der Waals surface area contributed by atoms with E-state index in [4.69, 9.17) is 23.8 Å².